The van der Waals surface area contributed by atoms with Crippen molar-refractivity contribution in [3.8, 4) is 0 Å². The molecule has 1 atom stereocenters. The summed E-state index contributed by atoms with van der Waals surface area (Å²) in [5, 5.41) is -2.31. The molecule has 0 spiro atoms. The van der Waals surface area contributed by atoms with Gasteiger partial charge in [0.25, 0.3) is 0 Å². The van der Waals surface area contributed by atoms with Crippen LogP contribution in [0.4, 0.5) is 0 Å². The van der Waals surface area contributed by atoms with Crippen LogP contribution < -0.4 is 4.72 Å². The number of fused-ring (bicyclic) bond motifs is 1. The largest absolute Gasteiger partial charge is 0.360 e. The van der Waals surface area contributed by atoms with Crippen molar-refractivity contribution in [1.82, 2.24) is 4.72 Å². The van der Waals surface area contributed by atoms with Gasteiger partial charge in [-0.25, -0.2) is 8.42 Å². The summed E-state index contributed by atoms with van der Waals surface area (Å²) in [5.41, 5.74) is 1.19. The Bertz CT molecular complexity index is 1260. The van der Waals surface area contributed by atoms with E-state index in [1.807, 2.05) is 20.8 Å². The van der Waals surface area contributed by atoms with Gasteiger partial charge in [0, 0.05) is 11.1 Å². The normalized spacial score (nSPS) is 17.9. The molecule has 1 aliphatic rings. The summed E-state index contributed by atoms with van der Waals surface area (Å²) >= 11 is 6.39. The van der Waals surface area contributed by atoms with Gasteiger partial charge in [0.05, 0.1) is 23.1 Å². The van der Waals surface area contributed by atoms with E-state index in [0.29, 0.717) is 12.8 Å². The molecule has 1 N–H and O–H groups in total. The molecule has 10 heteroatoms. The van der Waals surface area contributed by atoms with Crippen LogP contribution in [0.1, 0.15) is 73.9 Å². The molecule has 0 fully saturated rings. The van der Waals surface area contributed by atoms with E-state index in [1.54, 1.807) is 30.3 Å². The van der Waals surface area contributed by atoms with E-state index in [1.165, 1.54) is 24.3 Å². The summed E-state index contributed by atoms with van der Waals surface area (Å²) in [7, 11) is -8.60. The fourth-order valence-electron chi connectivity index (χ4n) is 4.13. The Morgan fingerprint density at radius 3 is 2.05 bits per heavy atom. The van der Waals surface area contributed by atoms with Gasteiger partial charge in [0.2, 0.25) is 15.8 Å². The molecule has 0 unspecified atom stereocenters. The number of aryl methyl sites for hydroxylation is 1. The van der Waals surface area contributed by atoms with Crippen LogP contribution in [0.25, 0.3) is 0 Å². The smallest absolute Gasteiger partial charge is 0.307 e. The van der Waals surface area contributed by atoms with Crippen molar-refractivity contribution in [3.63, 3.8) is 0 Å². The second kappa shape index (κ2) is 12.8. The zero-order chi connectivity index (χ0) is 27.1. The number of unbranched alkanes of at least 4 members (excludes halogenated alkanes) is 4. The van der Waals surface area contributed by atoms with E-state index in [9.17, 15) is 17.8 Å². The molecular formula is C27H35ClNO6PS. The molecule has 2 aromatic carbocycles. The molecule has 0 bridgehead atoms. The lowest BCUT2D eigenvalue weighted by atomic mass is 9.92. The molecule has 1 aliphatic carbocycles. The number of halogens is 1. The first-order valence-electron chi connectivity index (χ1n) is 12.6. The van der Waals surface area contributed by atoms with Crippen molar-refractivity contribution in [2.75, 3.05) is 13.2 Å². The molecule has 0 saturated heterocycles. The first-order chi connectivity index (χ1) is 17.6. The predicted molar refractivity (Wildman–Crippen MR) is 146 cm³/mol. The lowest BCUT2D eigenvalue weighted by Gasteiger charge is -2.40. The van der Waals surface area contributed by atoms with Crippen LogP contribution in [-0.2, 0) is 28.9 Å². The third kappa shape index (κ3) is 6.62. The molecule has 0 heterocycles. The van der Waals surface area contributed by atoms with Crippen molar-refractivity contribution >= 4 is 35.0 Å². The third-order valence-corrected chi connectivity index (χ3v) is 10.5. The highest BCUT2D eigenvalue weighted by Crippen LogP contribution is 2.67. The van der Waals surface area contributed by atoms with E-state index in [-0.39, 0.29) is 34.3 Å². The number of hydrogen-bond acceptors (Lipinski definition) is 6. The summed E-state index contributed by atoms with van der Waals surface area (Å²) < 4.78 is 56.8. The highest BCUT2D eigenvalue weighted by molar-refractivity contribution is 7.90. The summed E-state index contributed by atoms with van der Waals surface area (Å²) in [4.78, 5) is 12.9. The van der Waals surface area contributed by atoms with Gasteiger partial charge in [0.15, 0.2) is 5.28 Å². The molecule has 202 valence electrons. The van der Waals surface area contributed by atoms with Gasteiger partial charge in [-0.1, -0.05) is 93.1 Å². The van der Waals surface area contributed by atoms with Crippen molar-refractivity contribution in [2.24, 2.45) is 0 Å². The molecule has 37 heavy (non-hydrogen) atoms. The minimum absolute atomic E-state index is 0.0279. The highest BCUT2D eigenvalue weighted by Gasteiger charge is 2.57. The summed E-state index contributed by atoms with van der Waals surface area (Å²) in [6, 6.07) is 12.6. The fourth-order valence-corrected chi connectivity index (χ4v) is 8.47. The maximum atomic E-state index is 14.8. The van der Waals surface area contributed by atoms with Gasteiger partial charge < -0.3 is 9.05 Å². The van der Waals surface area contributed by atoms with Crippen molar-refractivity contribution in [3.05, 3.63) is 76.3 Å². The molecule has 0 aromatic heterocycles. The Morgan fingerprint density at radius 2 is 1.49 bits per heavy atom. The second-order valence-electron chi connectivity index (χ2n) is 9.13. The predicted octanol–water partition coefficient (Wildman–Crippen LogP) is 7.05. The Balaban J connectivity index is 2.21. The Hall–Kier alpha value is -1.80. The van der Waals surface area contributed by atoms with Crippen molar-refractivity contribution < 1.29 is 26.8 Å². The zero-order valence-corrected chi connectivity index (χ0v) is 24.0. The molecule has 0 amide bonds. The second-order valence-corrected chi connectivity index (χ2v) is 13.4. The van der Waals surface area contributed by atoms with E-state index in [0.717, 1.165) is 31.2 Å². The van der Waals surface area contributed by atoms with Crippen LogP contribution in [0, 0.1) is 6.92 Å². The Labute approximate surface area is 225 Å². The van der Waals surface area contributed by atoms with Gasteiger partial charge in [-0.2, -0.15) is 4.72 Å². The number of carbonyl (C=O) groups excluding carboxylic acids is 1. The van der Waals surface area contributed by atoms with E-state index in [4.69, 9.17) is 20.6 Å². The maximum Gasteiger partial charge on any atom is 0.360 e. The topological polar surface area (TPSA) is 98.8 Å². The average molecular weight is 568 g/mol. The summed E-state index contributed by atoms with van der Waals surface area (Å²) in [6.45, 7) is 6.09. The zero-order valence-electron chi connectivity index (χ0n) is 21.5. The molecular weight excluding hydrogens is 533 g/mol. The number of allylic oxidation sites excluding steroid dienone is 1. The van der Waals surface area contributed by atoms with Crippen molar-refractivity contribution in [1.29, 1.82) is 0 Å². The molecule has 7 nitrogen and oxygen atoms in total. The lowest BCUT2D eigenvalue weighted by Crippen LogP contribution is -2.47. The van der Waals surface area contributed by atoms with Crippen LogP contribution in [0.5, 0.6) is 0 Å². The number of nitrogens with one attached hydrogen (secondary N) is 1. The third-order valence-electron chi connectivity index (χ3n) is 6.21. The monoisotopic (exact) mass is 567 g/mol. The summed E-state index contributed by atoms with van der Waals surface area (Å²) in [6.07, 6.45) is 5.91. The maximum absolute atomic E-state index is 14.8. The van der Waals surface area contributed by atoms with Crippen LogP contribution in [0.15, 0.2) is 64.5 Å². The number of hydrogen-bond donors (Lipinski definition) is 1. The molecule has 0 aliphatic heterocycles. The lowest BCUT2D eigenvalue weighted by molar-refractivity contribution is 0.103. The molecule has 0 radical (unpaired) electrons. The first-order valence-corrected chi connectivity index (χ1v) is 16.0. The number of rotatable bonds is 14. The highest BCUT2D eigenvalue weighted by atomic mass is 35.5. The van der Waals surface area contributed by atoms with Crippen molar-refractivity contribution in [2.45, 2.75) is 69.5 Å². The Morgan fingerprint density at radius 1 is 0.919 bits per heavy atom. The summed E-state index contributed by atoms with van der Waals surface area (Å²) in [5.74, 6) is -0.494. The number of ketones is 1. The standard InChI is InChI=1S/C27H35ClNO6PS/c1-4-6-10-18-34-36(31,35-19-11-7-5-2)27(29-37(32,33)22-16-14-21(3)15-17-22)20-25(28)26(30)23-12-8-9-13-24(23)27/h8-9,12-17,20,29H,4-7,10-11,18-19H2,1-3H3/t27-/m0/s1. The molecule has 0 saturated carbocycles. The average Bonchev–Trinajstić information content (AvgIpc) is 2.88. The SMILES string of the molecule is CCCCCOP(=O)(OCCCCC)[C@@]1(NS(=O)(=O)c2ccc(C)cc2)C=C(Cl)C(=O)c2ccccc21. The molecule has 3 rings (SSSR count). The van der Waals surface area contributed by atoms with Gasteiger partial charge in [-0.15, -0.1) is 0 Å². The van der Waals surface area contributed by atoms with E-state index in [2.05, 4.69) is 4.72 Å². The quantitative estimate of drug-likeness (QED) is 0.194. The van der Waals surface area contributed by atoms with Gasteiger partial charge >= 0.3 is 7.60 Å². The molecule has 2 aromatic rings. The Kier molecular flexibility index (Phi) is 10.3. The van der Waals surface area contributed by atoms with Gasteiger partial charge in [-0.3, -0.25) is 9.36 Å². The minimum Gasteiger partial charge on any atom is -0.307 e. The van der Waals surface area contributed by atoms with Gasteiger partial charge in [0.1, 0.15) is 0 Å². The minimum atomic E-state index is -4.33. The number of benzene rings is 2. The number of sulfonamides is 1. The van der Waals surface area contributed by atoms with Crippen LogP contribution in [-0.4, -0.2) is 27.4 Å². The fraction of sp³-hybridized carbons (Fsp3) is 0.444. The van der Waals surface area contributed by atoms with E-state index >= 15 is 0 Å². The van der Waals surface area contributed by atoms with Crippen LogP contribution in [0.3, 0.4) is 0 Å². The number of Topliss-reactive ketones (excluding diaryl/α,β-unsaturated/α-hetero) is 1. The van der Waals surface area contributed by atoms with E-state index < -0.39 is 28.7 Å². The number of carbonyl (C=O) groups is 1. The van der Waals surface area contributed by atoms with Crippen LogP contribution >= 0.6 is 19.2 Å². The first kappa shape index (κ1) is 29.8. The van der Waals surface area contributed by atoms with Gasteiger partial charge in [-0.05, 0) is 38.0 Å². The van der Waals surface area contributed by atoms with Crippen LogP contribution in [0.2, 0.25) is 0 Å².